The highest BCUT2D eigenvalue weighted by Gasteiger charge is 2.07. The van der Waals surface area contributed by atoms with Gasteiger partial charge in [0.25, 0.3) is 0 Å². The highest BCUT2D eigenvalue weighted by atomic mass is 16.6. The number of nitrogens with one attached hydrogen (secondary N) is 1. The van der Waals surface area contributed by atoms with Gasteiger partial charge < -0.3 is 9.84 Å². The Hall–Kier alpha value is -0.770. The molecule has 0 aliphatic carbocycles. The summed E-state index contributed by atoms with van der Waals surface area (Å²) in [5, 5.41) is 11.3. The van der Waals surface area contributed by atoms with E-state index < -0.39 is 12.3 Å². The molecule has 72 valence electrons. The minimum absolute atomic E-state index is 0.314. The molecule has 0 bridgehead atoms. The molecule has 4 nitrogen and oxygen atoms in total. The number of amides is 1. The lowest BCUT2D eigenvalue weighted by molar-refractivity contribution is 0.0903. The minimum Gasteiger partial charge on any atom is -0.449 e. The first-order valence-electron chi connectivity index (χ1n) is 4.17. The molecule has 0 heterocycles. The van der Waals surface area contributed by atoms with Gasteiger partial charge in [0.15, 0.2) is 0 Å². The molecular formula is C8H17NO3. The predicted octanol–water partition coefficient (Wildman–Crippen LogP) is 1.10. The molecule has 1 atom stereocenters. The van der Waals surface area contributed by atoms with Crippen molar-refractivity contribution in [1.29, 1.82) is 0 Å². The summed E-state index contributed by atoms with van der Waals surface area (Å²) in [6.45, 7) is 6.04. The summed E-state index contributed by atoms with van der Waals surface area (Å²) in [4.78, 5) is 10.8. The smallest absolute Gasteiger partial charge is 0.409 e. The maximum Gasteiger partial charge on any atom is 0.409 e. The lowest BCUT2D eigenvalue weighted by atomic mass is 10.2. The van der Waals surface area contributed by atoms with Gasteiger partial charge in [0.05, 0.1) is 6.61 Å². The van der Waals surface area contributed by atoms with Crippen molar-refractivity contribution in [2.24, 2.45) is 5.92 Å². The lowest BCUT2D eigenvalue weighted by Crippen LogP contribution is -2.35. The summed E-state index contributed by atoms with van der Waals surface area (Å²) in [5.74, 6) is 0.314. The number of ether oxygens (including phenoxy) is 1. The highest BCUT2D eigenvalue weighted by molar-refractivity contribution is 5.67. The van der Waals surface area contributed by atoms with Gasteiger partial charge >= 0.3 is 6.09 Å². The Balaban J connectivity index is 3.46. The Morgan fingerprint density at radius 3 is 2.58 bits per heavy atom. The van der Waals surface area contributed by atoms with Crippen molar-refractivity contribution >= 4 is 6.09 Å². The second-order valence-electron chi connectivity index (χ2n) is 3.06. The van der Waals surface area contributed by atoms with Gasteiger partial charge in [-0.1, -0.05) is 20.8 Å². The van der Waals surface area contributed by atoms with Crippen molar-refractivity contribution in [2.75, 3.05) is 6.61 Å². The van der Waals surface area contributed by atoms with E-state index in [0.29, 0.717) is 18.9 Å². The number of hydrogen-bond acceptors (Lipinski definition) is 3. The fourth-order valence-corrected chi connectivity index (χ4v) is 0.522. The molecule has 0 rings (SSSR count). The van der Waals surface area contributed by atoms with Gasteiger partial charge in [-0.15, -0.1) is 0 Å². The van der Waals surface area contributed by atoms with Crippen LogP contribution in [0.15, 0.2) is 0 Å². The van der Waals surface area contributed by atoms with Gasteiger partial charge in [0, 0.05) is 0 Å². The Morgan fingerprint density at radius 1 is 1.58 bits per heavy atom. The van der Waals surface area contributed by atoms with E-state index in [1.165, 1.54) is 0 Å². The van der Waals surface area contributed by atoms with Gasteiger partial charge in [-0.2, -0.15) is 0 Å². The molecule has 0 saturated carbocycles. The zero-order chi connectivity index (χ0) is 9.56. The van der Waals surface area contributed by atoms with Crippen LogP contribution in [-0.2, 0) is 4.74 Å². The first-order chi connectivity index (χ1) is 5.56. The molecule has 0 aromatic carbocycles. The van der Waals surface area contributed by atoms with Crippen molar-refractivity contribution in [3.05, 3.63) is 0 Å². The second kappa shape index (κ2) is 5.83. The van der Waals surface area contributed by atoms with E-state index >= 15 is 0 Å². The van der Waals surface area contributed by atoms with Gasteiger partial charge in [-0.25, -0.2) is 4.79 Å². The third kappa shape index (κ3) is 5.97. The highest BCUT2D eigenvalue weighted by Crippen LogP contribution is 1.93. The molecule has 0 aromatic rings. The zero-order valence-electron chi connectivity index (χ0n) is 7.83. The van der Waals surface area contributed by atoms with E-state index in [4.69, 9.17) is 9.84 Å². The Kier molecular flexibility index (Phi) is 5.45. The van der Waals surface area contributed by atoms with Gasteiger partial charge in [0.1, 0.15) is 6.23 Å². The van der Waals surface area contributed by atoms with Crippen LogP contribution in [0.5, 0.6) is 0 Å². The van der Waals surface area contributed by atoms with E-state index in [1.807, 2.05) is 13.8 Å². The standard InChI is InChI=1S/C8H17NO3/c1-4-7(10)9-8(11)12-5-6(2)3/h6-7,10H,4-5H2,1-3H3,(H,9,11). The minimum atomic E-state index is -0.801. The average molecular weight is 175 g/mol. The van der Waals surface area contributed by atoms with Crippen LogP contribution in [0.3, 0.4) is 0 Å². The molecular weight excluding hydrogens is 158 g/mol. The van der Waals surface area contributed by atoms with Crippen molar-refractivity contribution < 1.29 is 14.6 Å². The largest absolute Gasteiger partial charge is 0.449 e. The van der Waals surface area contributed by atoms with Crippen LogP contribution >= 0.6 is 0 Å². The second-order valence-corrected chi connectivity index (χ2v) is 3.06. The van der Waals surface area contributed by atoms with E-state index in [0.717, 1.165) is 0 Å². The Morgan fingerprint density at radius 2 is 2.17 bits per heavy atom. The Labute approximate surface area is 72.9 Å². The van der Waals surface area contributed by atoms with Crippen LogP contribution in [0.2, 0.25) is 0 Å². The number of carbonyl (C=O) groups is 1. The van der Waals surface area contributed by atoms with Gasteiger partial charge in [0.2, 0.25) is 0 Å². The first kappa shape index (κ1) is 11.2. The topological polar surface area (TPSA) is 58.6 Å². The third-order valence-electron chi connectivity index (χ3n) is 1.22. The number of aliphatic hydroxyl groups is 1. The average Bonchev–Trinajstić information content (AvgIpc) is 2.00. The molecule has 0 radical (unpaired) electrons. The van der Waals surface area contributed by atoms with Crippen molar-refractivity contribution in [2.45, 2.75) is 33.4 Å². The molecule has 1 amide bonds. The van der Waals surface area contributed by atoms with Crippen LogP contribution in [0, 0.1) is 5.92 Å². The first-order valence-corrected chi connectivity index (χ1v) is 4.17. The summed E-state index contributed by atoms with van der Waals surface area (Å²) in [5.41, 5.74) is 0. The van der Waals surface area contributed by atoms with Crippen LogP contribution in [-0.4, -0.2) is 24.0 Å². The molecule has 1 unspecified atom stereocenters. The SMILES string of the molecule is CCC(O)NC(=O)OCC(C)C. The van der Waals surface area contributed by atoms with Crippen LogP contribution < -0.4 is 5.32 Å². The summed E-state index contributed by atoms with van der Waals surface area (Å²) >= 11 is 0. The molecule has 0 fully saturated rings. The summed E-state index contributed by atoms with van der Waals surface area (Å²) in [6, 6.07) is 0. The molecule has 2 N–H and O–H groups in total. The lowest BCUT2D eigenvalue weighted by Gasteiger charge is -2.11. The Bertz CT molecular complexity index is 136. The van der Waals surface area contributed by atoms with Crippen LogP contribution in [0.25, 0.3) is 0 Å². The molecule has 0 saturated heterocycles. The molecule has 0 aliphatic rings. The maximum absolute atomic E-state index is 10.8. The van der Waals surface area contributed by atoms with E-state index in [2.05, 4.69) is 5.32 Å². The van der Waals surface area contributed by atoms with E-state index in [9.17, 15) is 4.79 Å². The van der Waals surface area contributed by atoms with Crippen molar-refractivity contribution in [3.8, 4) is 0 Å². The number of rotatable bonds is 4. The molecule has 12 heavy (non-hydrogen) atoms. The van der Waals surface area contributed by atoms with Crippen LogP contribution in [0.4, 0.5) is 4.79 Å². The molecule has 0 spiro atoms. The third-order valence-corrected chi connectivity index (χ3v) is 1.22. The monoisotopic (exact) mass is 175 g/mol. The maximum atomic E-state index is 10.8. The van der Waals surface area contributed by atoms with E-state index in [1.54, 1.807) is 6.92 Å². The molecule has 0 aliphatic heterocycles. The van der Waals surface area contributed by atoms with E-state index in [-0.39, 0.29) is 0 Å². The fourth-order valence-electron chi connectivity index (χ4n) is 0.522. The molecule has 0 aromatic heterocycles. The predicted molar refractivity (Wildman–Crippen MR) is 45.6 cm³/mol. The van der Waals surface area contributed by atoms with Crippen molar-refractivity contribution in [3.63, 3.8) is 0 Å². The number of carbonyl (C=O) groups excluding carboxylic acids is 1. The zero-order valence-corrected chi connectivity index (χ0v) is 7.83. The summed E-state index contributed by atoms with van der Waals surface area (Å²) in [7, 11) is 0. The summed E-state index contributed by atoms with van der Waals surface area (Å²) in [6.07, 6.45) is -0.876. The van der Waals surface area contributed by atoms with Crippen LogP contribution in [0.1, 0.15) is 27.2 Å². The van der Waals surface area contributed by atoms with Crippen molar-refractivity contribution in [1.82, 2.24) is 5.32 Å². The quantitative estimate of drug-likeness (QED) is 0.629. The van der Waals surface area contributed by atoms with Gasteiger partial charge in [-0.3, -0.25) is 5.32 Å². The normalized spacial score (nSPS) is 12.8. The fraction of sp³-hybridized carbons (Fsp3) is 0.875. The van der Waals surface area contributed by atoms with Gasteiger partial charge in [-0.05, 0) is 12.3 Å². The molecule has 4 heteroatoms. The number of hydrogen-bond donors (Lipinski definition) is 2. The number of aliphatic hydroxyl groups excluding tert-OH is 1. The number of alkyl carbamates (subject to hydrolysis) is 1. The summed E-state index contributed by atoms with van der Waals surface area (Å²) < 4.78 is 4.77.